The number of nitriles is 1. The molecule has 0 aliphatic carbocycles. The minimum Gasteiger partial charge on any atom is -0.460 e. The number of benzene rings is 1. The molecule has 0 saturated carbocycles. The predicted molar refractivity (Wildman–Crippen MR) is 94.9 cm³/mol. The van der Waals surface area contributed by atoms with Crippen LogP contribution >= 0.6 is 0 Å². The number of fused-ring (bicyclic) bond motifs is 1. The zero-order valence-corrected chi connectivity index (χ0v) is 14.5. The highest BCUT2D eigenvalue weighted by molar-refractivity contribution is 5.66. The molecule has 3 heterocycles. The molecular weight excluding hydrogens is 314 g/mol. The SMILES string of the molecule is C[C@H]1COC[C@H]2CN(Cc3ccc(-c4ccccc4C#N)o3)CCN21. The number of hydrogen-bond donors (Lipinski definition) is 0. The predicted octanol–water partition coefficient (Wildman–Crippen LogP) is 2.72. The van der Waals surface area contributed by atoms with Crippen molar-refractivity contribution in [2.24, 2.45) is 0 Å². The third-order valence-corrected chi connectivity index (χ3v) is 5.20. The Morgan fingerprint density at radius 2 is 2.04 bits per heavy atom. The molecule has 0 radical (unpaired) electrons. The van der Waals surface area contributed by atoms with Crippen molar-refractivity contribution in [1.82, 2.24) is 9.80 Å². The largest absolute Gasteiger partial charge is 0.460 e. The monoisotopic (exact) mass is 337 g/mol. The lowest BCUT2D eigenvalue weighted by molar-refractivity contribution is -0.0772. The second-order valence-corrected chi connectivity index (χ2v) is 6.94. The molecule has 0 amide bonds. The average molecular weight is 337 g/mol. The quantitative estimate of drug-likeness (QED) is 0.862. The van der Waals surface area contributed by atoms with Crippen molar-refractivity contribution in [2.45, 2.75) is 25.6 Å². The summed E-state index contributed by atoms with van der Waals surface area (Å²) in [5.74, 6) is 1.71. The molecule has 5 heteroatoms. The van der Waals surface area contributed by atoms with Crippen LogP contribution in [0.15, 0.2) is 40.8 Å². The molecule has 5 nitrogen and oxygen atoms in total. The Balaban J connectivity index is 1.44. The van der Waals surface area contributed by atoms with Crippen molar-refractivity contribution in [3.63, 3.8) is 0 Å². The molecule has 1 aromatic carbocycles. The van der Waals surface area contributed by atoms with E-state index in [0.717, 1.165) is 56.5 Å². The fourth-order valence-corrected chi connectivity index (χ4v) is 3.90. The first-order valence-electron chi connectivity index (χ1n) is 8.88. The van der Waals surface area contributed by atoms with Gasteiger partial charge in [0.15, 0.2) is 0 Å². The molecule has 0 spiro atoms. The Bertz CT molecular complexity index is 779. The van der Waals surface area contributed by atoms with E-state index in [0.29, 0.717) is 17.6 Å². The summed E-state index contributed by atoms with van der Waals surface area (Å²) in [6.45, 7) is 7.84. The normalized spacial score (nSPS) is 24.6. The summed E-state index contributed by atoms with van der Waals surface area (Å²) in [7, 11) is 0. The van der Waals surface area contributed by atoms with Crippen molar-refractivity contribution >= 4 is 0 Å². The second-order valence-electron chi connectivity index (χ2n) is 6.94. The van der Waals surface area contributed by atoms with Crippen LogP contribution in [0.1, 0.15) is 18.2 Å². The van der Waals surface area contributed by atoms with Gasteiger partial charge in [0.25, 0.3) is 0 Å². The Hall–Kier alpha value is -2.13. The van der Waals surface area contributed by atoms with Crippen LogP contribution in [0.5, 0.6) is 0 Å². The summed E-state index contributed by atoms with van der Waals surface area (Å²) >= 11 is 0. The summed E-state index contributed by atoms with van der Waals surface area (Å²) in [5, 5.41) is 9.26. The number of rotatable bonds is 3. The smallest absolute Gasteiger partial charge is 0.135 e. The maximum atomic E-state index is 9.26. The van der Waals surface area contributed by atoms with Gasteiger partial charge in [0.2, 0.25) is 0 Å². The van der Waals surface area contributed by atoms with E-state index in [1.807, 2.05) is 36.4 Å². The van der Waals surface area contributed by atoms with Crippen LogP contribution in [0.3, 0.4) is 0 Å². The fourth-order valence-electron chi connectivity index (χ4n) is 3.90. The summed E-state index contributed by atoms with van der Waals surface area (Å²) in [6.07, 6.45) is 0. The minimum atomic E-state index is 0.478. The summed E-state index contributed by atoms with van der Waals surface area (Å²) in [5.41, 5.74) is 1.50. The van der Waals surface area contributed by atoms with Gasteiger partial charge in [0.1, 0.15) is 11.5 Å². The molecule has 2 atom stereocenters. The molecule has 2 aromatic rings. The Labute approximate surface area is 148 Å². The van der Waals surface area contributed by atoms with Gasteiger partial charge in [0, 0.05) is 37.3 Å². The first-order chi connectivity index (χ1) is 12.2. The minimum absolute atomic E-state index is 0.478. The molecule has 0 bridgehead atoms. The molecule has 2 saturated heterocycles. The number of nitrogens with zero attached hydrogens (tertiary/aromatic N) is 3. The zero-order chi connectivity index (χ0) is 17.2. The highest BCUT2D eigenvalue weighted by atomic mass is 16.5. The van der Waals surface area contributed by atoms with Crippen LogP contribution in [-0.2, 0) is 11.3 Å². The van der Waals surface area contributed by atoms with Crippen LogP contribution in [0.25, 0.3) is 11.3 Å². The van der Waals surface area contributed by atoms with Gasteiger partial charge in [-0.25, -0.2) is 0 Å². The van der Waals surface area contributed by atoms with Crippen LogP contribution in [0, 0.1) is 11.3 Å². The van der Waals surface area contributed by atoms with E-state index in [-0.39, 0.29) is 0 Å². The van der Waals surface area contributed by atoms with E-state index in [9.17, 15) is 5.26 Å². The molecule has 2 aliphatic heterocycles. The van der Waals surface area contributed by atoms with E-state index in [1.54, 1.807) is 0 Å². The van der Waals surface area contributed by atoms with Crippen LogP contribution < -0.4 is 0 Å². The van der Waals surface area contributed by atoms with Crippen molar-refractivity contribution in [3.05, 3.63) is 47.7 Å². The molecule has 4 rings (SSSR count). The van der Waals surface area contributed by atoms with Crippen molar-refractivity contribution in [2.75, 3.05) is 32.8 Å². The van der Waals surface area contributed by atoms with Crippen molar-refractivity contribution in [3.8, 4) is 17.4 Å². The third-order valence-electron chi connectivity index (χ3n) is 5.20. The standard InChI is InChI=1S/C20H23N3O2/c1-15-13-24-14-17-11-22(8-9-23(15)17)12-18-6-7-20(25-18)19-5-3-2-4-16(19)10-21/h2-7,15,17H,8-9,11-14H2,1H3/t15-,17+/m0/s1. The summed E-state index contributed by atoms with van der Waals surface area (Å²) < 4.78 is 11.7. The van der Waals surface area contributed by atoms with Gasteiger partial charge >= 0.3 is 0 Å². The van der Waals surface area contributed by atoms with Gasteiger partial charge in [-0.05, 0) is 31.2 Å². The summed E-state index contributed by atoms with van der Waals surface area (Å²) in [4.78, 5) is 5.00. The van der Waals surface area contributed by atoms with Gasteiger partial charge < -0.3 is 9.15 Å². The highest BCUT2D eigenvalue weighted by Crippen LogP contribution is 2.27. The molecule has 25 heavy (non-hydrogen) atoms. The zero-order valence-electron chi connectivity index (χ0n) is 14.5. The van der Waals surface area contributed by atoms with Gasteiger partial charge in [-0.3, -0.25) is 9.80 Å². The van der Waals surface area contributed by atoms with E-state index < -0.39 is 0 Å². The van der Waals surface area contributed by atoms with E-state index in [1.165, 1.54) is 0 Å². The Morgan fingerprint density at radius 3 is 2.92 bits per heavy atom. The van der Waals surface area contributed by atoms with Gasteiger partial charge in [-0.15, -0.1) is 0 Å². The number of furan rings is 1. The molecular formula is C20H23N3O2. The maximum absolute atomic E-state index is 9.26. The second kappa shape index (κ2) is 7.01. The Kier molecular flexibility index (Phi) is 4.58. The van der Waals surface area contributed by atoms with Gasteiger partial charge in [0.05, 0.1) is 31.4 Å². The summed E-state index contributed by atoms with van der Waals surface area (Å²) in [6, 6.07) is 14.8. The Morgan fingerprint density at radius 1 is 1.16 bits per heavy atom. The molecule has 0 unspecified atom stereocenters. The molecule has 2 fully saturated rings. The van der Waals surface area contributed by atoms with Crippen molar-refractivity contribution < 1.29 is 9.15 Å². The van der Waals surface area contributed by atoms with E-state index in [2.05, 4.69) is 22.8 Å². The van der Waals surface area contributed by atoms with Gasteiger partial charge in [-0.1, -0.05) is 12.1 Å². The molecule has 0 N–H and O–H groups in total. The number of hydrogen-bond acceptors (Lipinski definition) is 5. The van der Waals surface area contributed by atoms with E-state index >= 15 is 0 Å². The fraction of sp³-hybridized carbons (Fsp3) is 0.450. The number of ether oxygens (including phenoxy) is 1. The highest BCUT2D eigenvalue weighted by Gasteiger charge is 2.33. The van der Waals surface area contributed by atoms with Crippen LogP contribution in [-0.4, -0.2) is 54.7 Å². The molecule has 1 aromatic heterocycles. The average Bonchev–Trinajstić information content (AvgIpc) is 3.10. The lowest BCUT2D eigenvalue weighted by Crippen LogP contribution is -2.60. The first kappa shape index (κ1) is 16.3. The maximum Gasteiger partial charge on any atom is 0.135 e. The number of piperazine rings is 1. The lowest BCUT2D eigenvalue weighted by atomic mass is 10.1. The molecule has 130 valence electrons. The molecule has 2 aliphatic rings. The van der Waals surface area contributed by atoms with Crippen LogP contribution in [0.4, 0.5) is 0 Å². The lowest BCUT2D eigenvalue weighted by Gasteiger charge is -2.46. The van der Waals surface area contributed by atoms with Crippen molar-refractivity contribution in [1.29, 1.82) is 5.26 Å². The number of morpholine rings is 1. The topological polar surface area (TPSA) is 52.6 Å². The third kappa shape index (κ3) is 3.34. The van der Waals surface area contributed by atoms with E-state index in [4.69, 9.17) is 9.15 Å². The van der Waals surface area contributed by atoms with Crippen LogP contribution in [0.2, 0.25) is 0 Å². The van der Waals surface area contributed by atoms with Gasteiger partial charge in [-0.2, -0.15) is 5.26 Å². The first-order valence-corrected chi connectivity index (χ1v) is 8.88.